The molecule has 1 aromatic rings. The molecule has 17 heavy (non-hydrogen) atoms. The van der Waals surface area contributed by atoms with E-state index >= 15 is 0 Å². The Labute approximate surface area is 105 Å². The summed E-state index contributed by atoms with van der Waals surface area (Å²) in [7, 11) is 1.77. The molecule has 0 amide bonds. The molecule has 0 aromatic heterocycles. The standard InChI is InChI=1S/C15H25NO/c1-5-7-14(11-17-4)16-10-15-12(2)8-6-9-13(15)3/h6,8-9,14,16H,5,7,10-11H2,1-4H3. The number of nitrogens with one attached hydrogen (secondary N) is 1. The zero-order valence-corrected chi connectivity index (χ0v) is 11.5. The summed E-state index contributed by atoms with van der Waals surface area (Å²) in [6.45, 7) is 8.29. The van der Waals surface area contributed by atoms with Crippen LogP contribution in [0.5, 0.6) is 0 Å². The normalized spacial score (nSPS) is 12.7. The Morgan fingerprint density at radius 2 is 1.88 bits per heavy atom. The molecule has 1 atom stereocenters. The van der Waals surface area contributed by atoms with Crippen molar-refractivity contribution in [2.45, 2.75) is 46.2 Å². The van der Waals surface area contributed by atoms with E-state index in [0.717, 1.165) is 13.2 Å². The summed E-state index contributed by atoms with van der Waals surface area (Å²) in [6, 6.07) is 6.93. The van der Waals surface area contributed by atoms with E-state index in [4.69, 9.17) is 4.74 Å². The molecule has 96 valence electrons. The van der Waals surface area contributed by atoms with Crippen molar-refractivity contribution in [3.8, 4) is 0 Å². The molecule has 0 aliphatic rings. The number of ether oxygens (including phenoxy) is 1. The fourth-order valence-electron chi connectivity index (χ4n) is 2.17. The van der Waals surface area contributed by atoms with Crippen LogP contribution >= 0.6 is 0 Å². The first-order valence-electron chi connectivity index (χ1n) is 6.46. The third-order valence-corrected chi connectivity index (χ3v) is 3.22. The predicted molar refractivity (Wildman–Crippen MR) is 73.3 cm³/mol. The molecule has 0 saturated carbocycles. The average Bonchev–Trinajstić information content (AvgIpc) is 2.29. The van der Waals surface area contributed by atoms with Gasteiger partial charge in [-0.2, -0.15) is 0 Å². The Morgan fingerprint density at radius 1 is 1.24 bits per heavy atom. The van der Waals surface area contributed by atoms with Crippen LogP contribution in [0.4, 0.5) is 0 Å². The Balaban J connectivity index is 2.58. The lowest BCUT2D eigenvalue weighted by Crippen LogP contribution is -2.33. The van der Waals surface area contributed by atoms with Crippen molar-refractivity contribution >= 4 is 0 Å². The zero-order valence-electron chi connectivity index (χ0n) is 11.5. The highest BCUT2D eigenvalue weighted by atomic mass is 16.5. The molecule has 0 saturated heterocycles. The molecule has 0 aliphatic carbocycles. The second kappa shape index (κ2) is 7.46. The van der Waals surface area contributed by atoms with Crippen LogP contribution in [0, 0.1) is 13.8 Å². The molecule has 1 aromatic carbocycles. The first-order valence-corrected chi connectivity index (χ1v) is 6.46. The smallest absolute Gasteiger partial charge is 0.0615 e. The highest BCUT2D eigenvalue weighted by Crippen LogP contribution is 2.13. The van der Waals surface area contributed by atoms with Crippen LogP contribution < -0.4 is 5.32 Å². The van der Waals surface area contributed by atoms with Crippen LogP contribution in [-0.4, -0.2) is 19.8 Å². The van der Waals surface area contributed by atoms with Gasteiger partial charge >= 0.3 is 0 Å². The summed E-state index contributed by atoms with van der Waals surface area (Å²) < 4.78 is 5.24. The van der Waals surface area contributed by atoms with Crippen molar-refractivity contribution in [3.63, 3.8) is 0 Å². The minimum absolute atomic E-state index is 0.462. The number of hydrogen-bond donors (Lipinski definition) is 1. The topological polar surface area (TPSA) is 21.3 Å². The van der Waals surface area contributed by atoms with Crippen LogP contribution in [0.25, 0.3) is 0 Å². The maximum Gasteiger partial charge on any atom is 0.0615 e. The summed E-state index contributed by atoms with van der Waals surface area (Å²) >= 11 is 0. The van der Waals surface area contributed by atoms with Gasteiger partial charge in [-0.25, -0.2) is 0 Å². The quantitative estimate of drug-likeness (QED) is 0.783. The Kier molecular flexibility index (Phi) is 6.23. The monoisotopic (exact) mass is 235 g/mol. The predicted octanol–water partition coefficient (Wildman–Crippen LogP) is 3.21. The van der Waals surface area contributed by atoms with Gasteiger partial charge in [0.1, 0.15) is 0 Å². The van der Waals surface area contributed by atoms with Crippen LogP contribution in [-0.2, 0) is 11.3 Å². The van der Waals surface area contributed by atoms with E-state index in [-0.39, 0.29) is 0 Å². The molecule has 0 heterocycles. The number of hydrogen-bond acceptors (Lipinski definition) is 2. The van der Waals surface area contributed by atoms with Crippen LogP contribution in [0.3, 0.4) is 0 Å². The third kappa shape index (κ3) is 4.49. The van der Waals surface area contributed by atoms with E-state index in [1.807, 2.05) is 0 Å². The van der Waals surface area contributed by atoms with Crippen molar-refractivity contribution in [1.29, 1.82) is 0 Å². The van der Waals surface area contributed by atoms with Crippen molar-refractivity contribution in [2.75, 3.05) is 13.7 Å². The molecule has 1 unspecified atom stereocenters. The molecule has 0 fully saturated rings. The van der Waals surface area contributed by atoms with E-state index in [2.05, 4.69) is 44.3 Å². The SMILES string of the molecule is CCCC(COC)NCc1c(C)cccc1C. The molecule has 0 spiro atoms. The number of rotatable bonds is 7. The molecular formula is C15H25NO. The highest BCUT2D eigenvalue weighted by Gasteiger charge is 2.08. The van der Waals surface area contributed by atoms with Gasteiger partial charge in [0.2, 0.25) is 0 Å². The van der Waals surface area contributed by atoms with Gasteiger partial charge < -0.3 is 10.1 Å². The van der Waals surface area contributed by atoms with Crippen molar-refractivity contribution < 1.29 is 4.74 Å². The summed E-state index contributed by atoms with van der Waals surface area (Å²) in [5, 5.41) is 3.59. The minimum atomic E-state index is 0.462. The van der Waals surface area contributed by atoms with Crippen LogP contribution in [0.1, 0.15) is 36.5 Å². The summed E-state index contributed by atoms with van der Waals surface area (Å²) in [5.74, 6) is 0. The van der Waals surface area contributed by atoms with Gasteiger partial charge in [-0.3, -0.25) is 0 Å². The molecule has 0 aliphatic heterocycles. The summed E-state index contributed by atoms with van der Waals surface area (Å²) in [5.41, 5.74) is 4.15. The van der Waals surface area contributed by atoms with Gasteiger partial charge in [0.25, 0.3) is 0 Å². The Bertz CT molecular complexity index is 309. The maximum atomic E-state index is 5.24. The maximum absolute atomic E-state index is 5.24. The first-order chi connectivity index (χ1) is 8.19. The van der Waals surface area contributed by atoms with Gasteiger partial charge in [-0.1, -0.05) is 31.5 Å². The second-order valence-electron chi connectivity index (χ2n) is 4.69. The summed E-state index contributed by atoms with van der Waals surface area (Å²) in [4.78, 5) is 0. The fourth-order valence-corrected chi connectivity index (χ4v) is 2.17. The minimum Gasteiger partial charge on any atom is -0.383 e. The van der Waals surface area contributed by atoms with Gasteiger partial charge in [0.15, 0.2) is 0 Å². The van der Waals surface area contributed by atoms with Gasteiger partial charge in [0, 0.05) is 19.7 Å². The molecule has 1 N–H and O–H groups in total. The molecule has 0 radical (unpaired) electrons. The molecule has 2 heteroatoms. The molecular weight excluding hydrogens is 210 g/mol. The third-order valence-electron chi connectivity index (χ3n) is 3.22. The lowest BCUT2D eigenvalue weighted by molar-refractivity contribution is 0.161. The van der Waals surface area contributed by atoms with Gasteiger partial charge in [-0.15, -0.1) is 0 Å². The van der Waals surface area contributed by atoms with Crippen LogP contribution in [0.15, 0.2) is 18.2 Å². The van der Waals surface area contributed by atoms with Crippen molar-refractivity contribution in [2.24, 2.45) is 0 Å². The van der Waals surface area contributed by atoms with E-state index in [1.54, 1.807) is 7.11 Å². The largest absolute Gasteiger partial charge is 0.383 e. The van der Waals surface area contributed by atoms with Crippen LogP contribution in [0.2, 0.25) is 0 Å². The number of aryl methyl sites for hydroxylation is 2. The van der Waals surface area contributed by atoms with E-state index in [0.29, 0.717) is 6.04 Å². The number of methoxy groups -OCH3 is 1. The van der Waals surface area contributed by atoms with E-state index in [9.17, 15) is 0 Å². The Morgan fingerprint density at radius 3 is 2.41 bits per heavy atom. The van der Waals surface area contributed by atoms with Gasteiger partial charge in [-0.05, 0) is 37.0 Å². The average molecular weight is 235 g/mol. The molecule has 1 rings (SSSR count). The Hall–Kier alpha value is -0.860. The van der Waals surface area contributed by atoms with Crippen molar-refractivity contribution in [1.82, 2.24) is 5.32 Å². The van der Waals surface area contributed by atoms with E-state index < -0.39 is 0 Å². The second-order valence-corrected chi connectivity index (χ2v) is 4.69. The highest BCUT2D eigenvalue weighted by molar-refractivity contribution is 5.33. The summed E-state index contributed by atoms with van der Waals surface area (Å²) in [6.07, 6.45) is 2.35. The molecule has 0 bridgehead atoms. The molecule has 2 nitrogen and oxygen atoms in total. The lowest BCUT2D eigenvalue weighted by atomic mass is 10.0. The lowest BCUT2D eigenvalue weighted by Gasteiger charge is -2.19. The number of benzene rings is 1. The zero-order chi connectivity index (χ0) is 12.7. The van der Waals surface area contributed by atoms with Gasteiger partial charge in [0.05, 0.1) is 6.61 Å². The fraction of sp³-hybridized carbons (Fsp3) is 0.600. The van der Waals surface area contributed by atoms with E-state index in [1.165, 1.54) is 29.5 Å². The van der Waals surface area contributed by atoms with Crippen molar-refractivity contribution in [3.05, 3.63) is 34.9 Å². The first kappa shape index (κ1) is 14.2.